The van der Waals surface area contributed by atoms with Crippen molar-refractivity contribution in [2.75, 3.05) is 25.0 Å². The fourth-order valence-corrected chi connectivity index (χ4v) is 6.66. The van der Waals surface area contributed by atoms with Crippen molar-refractivity contribution in [3.63, 3.8) is 0 Å². The summed E-state index contributed by atoms with van der Waals surface area (Å²) in [6, 6.07) is 9.14. The number of nitrogens with one attached hydrogen (secondary N) is 1. The highest BCUT2D eigenvalue weighted by Crippen LogP contribution is 2.34. The van der Waals surface area contributed by atoms with E-state index in [2.05, 4.69) is 33.6 Å². The Morgan fingerprint density at radius 1 is 1.12 bits per heavy atom. The molecule has 0 radical (unpaired) electrons. The number of thiophene rings is 1. The van der Waals surface area contributed by atoms with Crippen LogP contribution in [0.5, 0.6) is 0 Å². The van der Waals surface area contributed by atoms with Gasteiger partial charge in [-0.05, 0) is 67.5 Å². The number of likely N-dealkylation sites (tertiary alicyclic amines) is 1. The van der Waals surface area contributed by atoms with Crippen LogP contribution in [0.1, 0.15) is 53.0 Å². The van der Waals surface area contributed by atoms with Gasteiger partial charge in [-0.25, -0.2) is 0 Å². The quantitative estimate of drug-likeness (QED) is 0.714. The highest BCUT2D eigenvalue weighted by Gasteiger charge is 2.34. The predicted molar refractivity (Wildman–Crippen MR) is 132 cm³/mol. The number of carbonyl (C=O) groups excluding carboxylic acids is 3. The van der Waals surface area contributed by atoms with Gasteiger partial charge in [-0.3, -0.25) is 14.4 Å². The van der Waals surface area contributed by atoms with Gasteiger partial charge in [0.2, 0.25) is 5.91 Å². The van der Waals surface area contributed by atoms with E-state index in [1.807, 2.05) is 4.90 Å². The van der Waals surface area contributed by atoms with E-state index in [4.69, 9.17) is 0 Å². The van der Waals surface area contributed by atoms with Crippen molar-refractivity contribution in [3.05, 3.63) is 51.7 Å². The molecule has 0 bridgehead atoms. The summed E-state index contributed by atoms with van der Waals surface area (Å²) in [6.45, 7) is 4.63. The van der Waals surface area contributed by atoms with Gasteiger partial charge < -0.3 is 15.1 Å². The van der Waals surface area contributed by atoms with Gasteiger partial charge in [-0.15, -0.1) is 11.3 Å². The molecule has 2 aromatic rings. The number of carbonyl (C=O) groups is 3. The fraction of sp³-hybridized carbons (Fsp3) is 0.417. The third-order valence-electron chi connectivity index (χ3n) is 6.43. The van der Waals surface area contributed by atoms with Crippen LogP contribution in [0.2, 0.25) is 0 Å². The zero-order valence-corrected chi connectivity index (χ0v) is 20.1. The summed E-state index contributed by atoms with van der Waals surface area (Å²) in [6.07, 6.45) is 3.20. The maximum absolute atomic E-state index is 13.1. The van der Waals surface area contributed by atoms with Crippen molar-refractivity contribution >= 4 is 51.7 Å². The molecule has 5 rings (SSSR count). The largest absolute Gasteiger partial charge is 0.351 e. The Hall–Kier alpha value is -2.65. The minimum Gasteiger partial charge on any atom is -0.351 e. The molecule has 4 heterocycles. The van der Waals surface area contributed by atoms with Crippen molar-refractivity contribution in [1.29, 1.82) is 0 Å². The number of thioether (sulfide) groups is 1. The molecule has 3 aliphatic heterocycles. The number of fused-ring (bicyclic) bond motifs is 1. The second kappa shape index (κ2) is 9.30. The van der Waals surface area contributed by atoms with Crippen molar-refractivity contribution < 1.29 is 14.4 Å². The standard InChI is InChI=1S/C24H26N4O3S2/c1-15-18-9-13-32-19(18)8-12-28(15)23(31)16-4-6-17(7-5-16)25-21(29)14-20-22(30)26-24(33-20)27-10-2-3-11-27/h4-7,9,13,15,20H,2-3,8,10-12,14H2,1H3,(H,25,29)/t15-,20-/m0/s1. The molecular formula is C24H26N4O3S2. The molecule has 0 unspecified atom stereocenters. The zero-order chi connectivity index (χ0) is 22.9. The number of aliphatic imine (C=N–C) groups is 1. The Kier molecular flexibility index (Phi) is 6.25. The van der Waals surface area contributed by atoms with E-state index in [0.717, 1.165) is 37.5 Å². The number of hydrogen-bond acceptors (Lipinski definition) is 6. The van der Waals surface area contributed by atoms with Gasteiger partial charge in [0, 0.05) is 42.2 Å². The highest BCUT2D eigenvalue weighted by atomic mass is 32.2. The molecule has 7 nitrogen and oxygen atoms in total. The third-order valence-corrected chi connectivity index (χ3v) is 8.64. The Labute approximate surface area is 201 Å². The van der Waals surface area contributed by atoms with E-state index in [1.165, 1.54) is 22.2 Å². The van der Waals surface area contributed by atoms with Gasteiger partial charge in [-0.1, -0.05) is 11.8 Å². The average molecular weight is 483 g/mol. The minimum absolute atomic E-state index is 0.00299. The number of anilines is 1. The number of benzene rings is 1. The lowest BCUT2D eigenvalue weighted by Crippen LogP contribution is -2.38. The molecule has 172 valence electrons. The van der Waals surface area contributed by atoms with Gasteiger partial charge >= 0.3 is 0 Å². The first-order valence-corrected chi connectivity index (χ1v) is 13.1. The minimum atomic E-state index is -0.468. The number of hydrogen-bond donors (Lipinski definition) is 1. The fourth-order valence-electron chi connectivity index (χ4n) is 4.58. The molecule has 33 heavy (non-hydrogen) atoms. The van der Waals surface area contributed by atoms with Crippen molar-refractivity contribution in [1.82, 2.24) is 9.80 Å². The maximum atomic E-state index is 13.1. The van der Waals surface area contributed by atoms with Crippen LogP contribution in [0.4, 0.5) is 5.69 Å². The van der Waals surface area contributed by atoms with Crippen LogP contribution in [-0.2, 0) is 16.0 Å². The summed E-state index contributed by atoms with van der Waals surface area (Å²) in [5.74, 6) is -0.466. The first kappa shape index (κ1) is 22.2. The van der Waals surface area contributed by atoms with Gasteiger partial charge in [-0.2, -0.15) is 4.99 Å². The summed E-state index contributed by atoms with van der Waals surface area (Å²) < 4.78 is 0. The number of amides is 3. The first-order valence-electron chi connectivity index (χ1n) is 11.3. The monoisotopic (exact) mass is 482 g/mol. The second-order valence-electron chi connectivity index (χ2n) is 8.59. The molecule has 2 atom stereocenters. The van der Waals surface area contributed by atoms with Crippen LogP contribution < -0.4 is 5.32 Å². The topological polar surface area (TPSA) is 82.1 Å². The SMILES string of the molecule is C[C@H]1c2ccsc2CCN1C(=O)c1ccc(NC(=O)C[C@@H]2SC(N3CCCC3)=NC2=O)cc1. The average Bonchev–Trinajstić information content (AvgIpc) is 3.56. The lowest BCUT2D eigenvalue weighted by Gasteiger charge is -2.33. The molecule has 3 aliphatic rings. The van der Waals surface area contributed by atoms with Crippen LogP contribution in [0.25, 0.3) is 0 Å². The zero-order valence-electron chi connectivity index (χ0n) is 18.5. The lowest BCUT2D eigenvalue weighted by atomic mass is 10.0. The summed E-state index contributed by atoms with van der Waals surface area (Å²) in [4.78, 5) is 47.4. The van der Waals surface area contributed by atoms with Crippen LogP contribution in [0.3, 0.4) is 0 Å². The molecule has 0 saturated carbocycles. The maximum Gasteiger partial charge on any atom is 0.262 e. The van der Waals surface area contributed by atoms with Crippen molar-refractivity contribution in [2.45, 2.75) is 43.9 Å². The molecule has 1 fully saturated rings. The van der Waals surface area contributed by atoms with E-state index >= 15 is 0 Å². The van der Waals surface area contributed by atoms with E-state index in [1.54, 1.807) is 35.6 Å². The van der Waals surface area contributed by atoms with Gasteiger partial charge in [0.15, 0.2) is 5.17 Å². The van der Waals surface area contributed by atoms with E-state index in [9.17, 15) is 14.4 Å². The molecule has 1 aromatic heterocycles. The molecule has 0 aliphatic carbocycles. The van der Waals surface area contributed by atoms with Gasteiger partial charge in [0.05, 0.1) is 6.04 Å². The van der Waals surface area contributed by atoms with Gasteiger partial charge in [0.1, 0.15) is 5.25 Å². The van der Waals surface area contributed by atoms with Crippen molar-refractivity contribution in [2.24, 2.45) is 4.99 Å². The molecule has 1 aromatic carbocycles. The highest BCUT2D eigenvalue weighted by molar-refractivity contribution is 8.15. The van der Waals surface area contributed by atoms with Gasteiger partial charge in [0.25, 0.3) is 11.8 Å². The Bertz CT molecular complexity index is 1110. The van der Waals surface area contributed by atoms with E-state index < -0.39 is 5.25 Å². The van der Waals surface area contributed by atoms with Crippen LogP contribution in [0.15, 0.2) is 40.7 Å². The summed E-state index contributed by atoms with van der Waals surface area (Å²) in [7, 11) is 0. The normalized spacial score (nSPS) is 22.3. The Morgan fingerprint density at radius 2 is 1.88 bits per heavy atom. The molecule has 3 amide bonds. The Morgan fingerprint density at radius 3 is 2.64 bits per heavy atom. The molecule has 9 heteroatoms. The van der Waals surface area contributed by atoms with Crippen molar-refractivity contribution in [3.8, 4) is 0 Å². The van der Waals surface area contributed by atoms with Crippen LogP contribution in [-0.4, -0.2) is 57.6 Å². The lowest BCUT2D eigenvalue weighted by molar-refractivity contribution is -0.121. The first-order chi connectivity index (χ1) is 16.0. The van der Waals surface area contributed by atoms with E-state index in [0.29, 0.717) is 17.8 Å². The number of rotatable bonds is 4. The number of amidine groups is 1. The summed E-state index contributed by atoms with van der Waals surface area (Å²) in [5, 5.41) is 5.21. The summed E-state index contributed by atoms with van der Waals surface area (Å²) >= 11 is 3.14. The Balaban J connectivity index is 1.16. The van der Waals surface area contributed by atoms with Crippen LogP contribution >= 0.6 is 23.1 Å². The molecular weight excluding hydrogens is 456 g/mol. The summed E-state index contributed by atoms with van der Waals surface area (Å²) in [5.41, 5.74) is 2.45. The molecule has 1 saturated heterocycles. The number of nitrogens with zero attached hydrogens (tertiary/aromatic N) is 3. The molecule has 1 N–H and O–H groups in total. The van der Waals surface area contributed by atoms with Crippen LogP contribution in [0, 0.1) is 0 Å². The smallest absolute Gasteiger partial charge is 0.262 e. The third kappa shape index (κ3) is 4.56. The predicted octanol–water partition coefficient (Wildman–Crippen LogP) is 3.93. The molecule has 0 spiro atoms. The second-order valence-corrected chi connectivity index (χ2v) is 10.8. The van der Waals surface area contributed by atoms with E-state index in [-0.39, 0.29) is 30.2 Å².